The van der Waals surface area contributed by atoms with Crippen LogP contribution in [0.3, 0.4) is 0 Å². The van der Waals surface area contributed by atoms with E-state index in [-0.39, 0.29) is 11.3 Å². The van der Waals surface area contributed by atoms with Crippen LogP contribution < -0.4 is 5.32 Å². The number of rotatable bonds is 2. The summed E-state index contributed by atoms with van der Waals surface area (Å²) in [5.41, 5.74) is -0.0972. The molecule has 1 N–H and O–H groups in total. The summed E-state index contributed by atoms with van der Waals surface area (Å²) in [7, 11) is 0. The molecule has 12 heavy (non-hydrogen) atoms. The number of hydrogen-bond acceptors (Lipinski definition) is 1. The first-order valence-corrected chi connectivity index (χ1v) is 4.80. The van der Waals surface area contributed by atoms with Crippen LogP contribution in [-0.4, -0.2) is 12.5 Å². The molecule has 0 aromatic heterocycles. The zero-order valence-electron chi connectivity index (χ0n) is 8.48. The van der Waals surface area contributed by atoms with E-state index in [2.05, 4.69) is 33.0 Å². The van der Waals surface area contributed by atoms with Crippen molar-refractivity contribution >= 4 is 5.91 Å². The van der Waals surface area contributed by atoms with Gasteiger partial charge in [0.1, 0.15) is 0 Å². The van der Waals surface area contributed by atoms with Crippen LogP contribution in [0.4, 0.5) is 0 Å². The van der Waals surface area contributed by atoms with Gasteiger partial charge in [0.05, 0.1) is 5.41 Å². The van der Waals surface area contributed by atoms with E-state index in [1.807, 2.05) is 0 Å². The van der Waals surface area contributed by atoms with Crippen molar-refractivity contribution in [1.29, 1.82) is 0 Å². The molecule has 0 aliphatic carbocycles. The molecule has 1 saturated heterocycles. The van der Waals surface area contributed by atoms with Gasteiger partial charge < -0.3 is 5.32 Å². The van der Waals surface area contributed by atoms with E-state index in [4.69, 9.17) is 0 Å². The van der Waals surface area contributed by atoms with Gasteiger partial charge in [0, 0.05) is 6.54 Å². The molecule has 2 heteroatoms. The van der Waals surface area contributed by atoms with E-state index in [1.165, 1.54) is 0 Å². The van der Waals surface area contributed by atoms with Gasteiger partial charge in [-0.15, -0.1) is 0 Å². The molecule has 0 saturated carbocycles. The Morgan fingerprint density at radius 3 is 1.92 bits per heavy atom. The van der Waals surface area contributed by atoms with Crippen LogP contribution in [0.2, 0.25) is 0 Å². The van der Waals surface area contributed by atoms with Crippen molar-refractivity contribution in [2.45, 2.75) is 34.1 Å². The molecule has 0 spiro atoms. The van der Waals surface area contributed by atoms with Gasteiger partial charge in [-0.25, -0.2) is 0 Å². The molecule has 1 amide bonds. The second kappa shape index (κ2) is 3.08. The molecular formula is C10H19NO. The second-order valence-electron chi connectivity index (χ2n) is 4.36. The summed E-state index contributed by atoms with van der Waals surface area (Å²) in [6.07, 6.45) is 1.00. The average molecular weight is 169 g/mol. The summed E-state index contributed by atoms with van der Waals surface area (Å²) in [6.45, 7) is 9.43. The Hall–Kier alpha value is -0.530. The van der Waals surface area contributed by atoms with Crippen molar-refractivity contribution in [2.24, 2.45) is 17.3 Å². The molecule has 0 aromatic rings. The third-order valence-electron chi connectivity index (χ3n) is 3.31. The molecule has 0 aromatic carbocycles. The Morgan fingerprint density at radius 2 is 1.75 bits per heavy atom. The van der Waals surface area contributed by atoms with Crippen molar-refractivity contribution in [1.82, 2.24) is 5.32 Å². The number of carbonyl (C=O) groups is 1. The van der Waals surface area contributed by atoms with E-state index >= 15 is 0 Å². The molecular weight excluding hydrogens is 150 g/mol. The zero-order valence-corrected chi connectivity index (χ0v) is 8.48. The van der Waals surface area contributed by atoms with Crippen LogP contribution in [-0.2, 0) is 4.79 Å². The first kappa shape index (κ1) is 9.56. The van der Waals surface area contributed by atoms with Crippen molar-refractivity contribution in [3.63, 3.8) is 0 Å². The quantitative estimate of drug-likeness (QED) is 0.671. The second-order valence-corrected chi connectivity index (χ2v) is 4.36. The van der Waals surface area contributed by atoms with Crippen LogP contribution in [0.15, 0.2) is 0 Å². The van der Waals surface area contributed by atoms with Gasteiger partial charge in [-0.2, -0.15) is 0 Å². The highest BCUT2D eigenvalue weighted by molar-refractivity contribution is 5.85. The zero-order chi connectivity index (χ0) is 9.35. The van der Waals surface area contributed by atoms with Crippen molar-refractivity contribution in [3.8, 4) is 0 Å². The molecule has 0 unspecified atom stereocenters. The summed E-state index contributed by atoms with van der Waals surface area (Å²) < 4.78 is 0. The monoisotopic (exact) mass is 169 g/mol. The first-order chi connectivity index (χ1) is 5.51. The minimum atomic E-state index is -0.0972. The topological polar surface area (TPSA) is 29.1 Å². The Balaban J connectivity index is 2.93. The van der Waals surface area contributed by atoms with Crippen LogP contribution >= 0.6 is 0 Å². The van der Waals surface area contributed by atoms with Crippen LogP contribution in [0.5, 0.6) is 0 Å². The van der Waals surface area contributed by atoms with Gasteiger partial charge in [-0.05, 0) is 18.3 Å². The van der Waals surface area contributed by atoms with E-state index in [0.29, 0.717) is 11.8 Å². The Bertz CT molecular complexity index is 176. The standard InChI is InChI=1S/C10H19NO/c1-7(2)10(8(3)4)5-6-11-9(10)12/h7-8H,5-6H2,1-4H3,(H,11,12). The SMILES string of the molecule is CC(C)C1(C(C)C)CCNC1=O. The minimum Gasteiger partial charge on any atom is -0.356 e. The van der Waals surface area contributed by atoms with Gasteiger partial charge in [0.25, 0.3) is 0 Å². The maximum Gasteiger partial charge on any atom is 0.226 e. The molecule has 2 nitrogen and oxygen atoms in total. The van der Waals surface area contributed by atoms with Gasteiger partial charge in [0.2, 0.25) is 5.91 Å². The summed E-state index contributed by atoms with van der Waals surface area (Å²) in [6, 6.07) is 0. The summed E-state index contributed by atoms with van der Waals surface area (Å²) in [4.78, 5) is 11.7. The van der Waals surface area contributed by atoms with Crippen molar-refractivity contribution in [2.75, 3.05) is 6.54 Å². The van der Waals surface area contributed by atoms with Gasteiger partial charge in [-0.1, -0.05) is 27.7 Å². The van der Waals surface area contributed by atoms with E-state index in [1.54, 1.807) is 0 Å². The number of amides is 1. The molecule has 1 fully saturated rings. The lowest BCUT2D eigenvalue weighted by Gasteiger charge is -2.34. The average Bonchev–Trinajstić information content (AvgIpc) is 2.31. The summed E-state index contributed by atoms with van der Waals surface area (Å²) in [5.74, 6) is 1.15. The number of hydrogen-bond donors (Lipinski definition) is 1. The summed E-state index contributed by atoms with van der Waals surface area (Å²) in [5, 5.41) is 2.93. The fraction of sp³-hybridized carbons (Fsp3) is 0.900. The van der Waals surface area contributed by atoms with Gasteiger partial charge in [0.15, 0.2) is 0 Å². The normalized spacial score (nSPS) is 22.0. The molecule has 1 aliphatic rings. The first-order valence-electron chi connectivity index (χ1n) is 4.80. The van der Waals surface area contributed by atoms with Crippen LogP contribution in [0, 0.1) is 17.3 Å². The molecule has 0 bridgehead atoms. The lowest BCUT2D eigenvalue weighted by molar-refractivity contribution is -0.132. The maximum atomic E-state index is 11.7. The van der Waals surface area contributed by atoms with Gasteiger partial charge >= 0.3 is 0 Å². The Kier molecular flexibility index (Phi) is 2.45. The third-order valence-corrected chi connectivity index (χ3v) is 3.31. The molecule has 0 atom stereocenters. The van der Waals surface area contributed by atoms with Gasteiger partial charge in [-0.3, -0.25) is 4.79 Å². The Morgan fingerprint density at radius 1 is 1.25 bits per heavy atom. The highest BCUT2D eigenvalue weighted by Gasteiger charge is 2.47. The lowest BCUT2D eigenvalue weighted by Crippen LogP contribution is -2.40. The summed E-state index contributed by atoms with van der Waals surface area (Å²) >= 11 is 0. The minimum absolute atomic E-state index is 0.0972. The molecule has 1 aliphatic heterocycles. The number of nitrogens with one attached hydrogen (secondary N) is 1. The molecule has 70 valence electrons. The highest BCUT2D eigenvalue weighted by atomic mass is 16.2. The fourth-order valence-electron chi connectivity index (χ4n) is 2.43. The van der Waals surface area contributed by atoms with E-state index < -0.39 is 0 Å². The Labute approximate surface area is 74.7 Å². The van der Waals surface area contributed by atoms with Crippen LogP contribution in [0.1, 0.15) is 34.1 Å². The van der Waals surface area contributed by atoms with Crippen molar-refractivity contribution in [3.05, 3.63) is 0 Å². The van der Waals surface area contributed by atoms with Crippen LogP contribution in [0.25, 0.3) is 0 Å². The predicted molar refractivity (Wildman–Crippen MR) is 49.7 cm³/mol. The number of carbonyl (C=O) groups excluding carboxylic acids is 1. The molecule has 0 radical (unpaired) electrons. The van der Waals surface area contributed by atoms with E-state index in [9.17, 15) is 4.79 Å². The van der Waals surface area contributed by atoms with Crippen molar-refractivity contribution < 1.29 is 4.79 Å². The predicted octanol–water partition coefficient (Wildman–Crippen LogP) is 1.80. The lowest BCUT2D eigenvalue weighted by atomic mass is 9.68. The molecule has 1 rings (SSSR count). The fourth-order valence-corrected chi connectivity index (χ4v) is 2.43. The maximum absolute atomic E-state index is 11.7. The third kappa shape index (κ3) is 1.13. The highest BCUT2D eigenvalue weighted by Crippen LogP contribution is 2.41. The largest absolute Gasteiger partial charge is 0.356 e. The molecule has 1 heterocycles. The smallest absolute Gasteiger partial charge is 0.226 e. The van der Waals surface area contributed by atoms with E-state index in [0.717, 1.165) is 13.0 Å².